The summed E-state index contributed by atoms with van der Waals surface area (Å²) in [6.45, 7) is 2.12. The van der Waals surface area contributed by atoms with Crippen molar-refractivity contribution in [2.45, 2.75) is 19.8 Å². The highest BCUT2D eigenvalue weighted by Crippen LogP contribution is 2.43. The van der Waals surface area contributed by atoms with E-state index in [0.717, 1.165) is 35.6 Å². The van der Waals surface area contributed by atoms with Crippen LogP contribution in [0.15, 0.2) is 36.4 Å². The van der Waals surface area contributed by atoms with Gasteiger partial charge >= 0.3 is 0 Å². The first-order chi connectivity index (χ1) is 11.7. The van der Waals surface area contributed by atoms with Gasteiger partial charge in [-0.3, -0.25) is 5.10 Å². The molecule has 0 saturated heterocycles. The minimum absolute atomic E-state index is 0.743. The van der Waals surface area contributed by atoms with Crippen molar-refractivity contribution in [1.29, 1.82) is 0 Å². The summed E-state index contributed by atoms with van der Waals surface area (Å²) in [4.78, 5) is 0. The van der Waals surface area contributed by atoms with Crippen LogP contribution < -0.4 is 9.47 Å². The van der Waals surface area contributed by atoms with Crippen molar-refractivity contribution in [3.8, 4) is 22.8 Å². The standard InChI is InChI=1S/C20H20N2O2/c1-12-5-4-6-13(7-12)8-17-16-9-14-10-18(23-2)19(24-3)11-15(14)20(16)22-21-17/h4-7,10-11H,8-9H2,1-3H3,(H,21,22). The molecule has 0 radical (unpaired) electrons. The molecule has 1 N–H and O–H groups in total. The summed E-state index contributed by atoms with van der Waals surface area (Å²) in [5.41, 5.74) is 8.45. The molecule has 1 aliphatic rings. The van der Waals surface area contributed by atoms with E-state index in [1.54, 1.807) is 14.2 Å². The van der Waals surface area contributed by atoms with E-state index in [2.05, 4.69) is 47.5 Å². The van der Waals surface area contributed by atoms with Crippen molar-refractivity contribution in [3.05, 3.63) is 64.3 Å². The van der Waals surface area contributed by atoms with Crippen molar-refractivity contribution >= 4 is 0 Å². The fraction of sp³-hybridized carbons (Fsp3) is 0.250. The lowest BCUT2D eigenvalue weighted by atomic mass is 10.0. The fourth-order valence-corrected chi connectivity index (χ4v) is 3.47. The summed E-state index contributed by atoms with van der Waals surface area (Å²) in [5.74, 6) is 1.51. The van der Waals surface area contributed by atoms with Gasteiger partial charge in [0.1, 0.15) is 0 Å². The van der Waals surface area contributed by atoms with Crippen molar-refractivity contribution in [2.75, 3.05) is 14.2 Å². The molecule has 0 amide bonds. The number of aromatic nitrogens is 2. The number of aromatic amines is 1. The number of hydrogen-bond donors (Lipinski definition) is 1. The van der Waals surface area contributed by atoms with Crippen molar-refractivity contribution in [1.82, 2.24) is 10.2 Å². The molecule has 1 aliphatic carbocycles. The van der Waals surface area contributed by atoms with E-state index in [-0.39, 0.29) is 0 Å². The van der Waals surface area contributed by atoms with Crippen LogP contribution in [-0.2, 0) is 12.8 Å². The second-order valence-corrected chi connectivity index (χ2v) is 6.24. The minimum Gasteiger partial charge on any atom is -0.493 e. The Morgan fingerprint density at radius 1 is 1.08 bits per heavy atom. The average molecular weight is 320 g/mol. The molecular weight excluding hydrogens is 300 g/mol. The van der Waals surface area contributed by atoms with E-state index in [1.807, 2.05) is 6.07 Å². The maximum atomic E-state index is 5.43. The molecule has 0 atom stereocenters. The summed E-state index contributed by atoms with van der Waals surface area (Å²) in [7, 11) is 3.33. The number of H-pyrrole nitrogens is 1. The smallest absolute Gasteiger partial charge is 0.161 e. The number of aryl methyl sites for hydroxylation is 1. The second-order valence-electron chi connectivity index (χ2n) is 6.24. The van der Waals surface area contributed by atoms with Crippen LogP contribution in [0.25, 0.3) is 11.3 Å². The van der Waals surface area contributed by atoms with Gasteiger partial charge in [0.25, 0.3) is 0 Å². The lowest BCUT2D eigenvalue weighted by molar-refractivity contribution is 0.355. The Balaban J connectivity index is 1.71. The third-order valence-corrected chi connectivity index (χ3v) is 4.65. The molecular formula is C20H20N2O2. The monoisotopic (exact) mass is 320 g/mol. The zero-order valence-corrected chi connectivity index (χ0v) is 14.1. The summed E-state index contributed by atoms with van der Waals surface area (Å²) >= 11 is 0. The number of benzene rings is 2. The fourth-order valence-electron chi connectivity index (χ4n) is 3.47. The molecule has 4 nitrogen and oxygen atoms in total. The van der Waals surface area contributed by atoms with E-state index >= 15 is 0 Å². The van der Waals surface area contributed by atoms with Gasteiger partial charge in [0, 0.05) is 29.7 Å². The van der Waals surface area contributed by atoms with Crippen molar-refractivity contribution in [2.24, 2.45) is 0 Å². The highest BCUT2D eigenvalue weighted by atomic mass is 16.5. The summed E-state index contributed by atoms with van der Waals surface area (Å²) < 4.78 is 10.9. The molecule has 1 aromatic heterocycles. The molecule has 24 heavy (non-hydrogen) atoms. The molecule has 0 bridgehead atoms. The minimum atomic E-state index is 0.743. The van der Waals surface area contributed by atoms with E-state index < -0.39 is 0 Å². The Labute approximate surface area is 141 Å². The molecule has 0 aliphatic heterocycles. The number of methoxy groups -OCH3 is 2. The van der Waals surface area contributed by atoms with Gasteiger partial charge in [0.05, 0.1) is 19.9 Å². The molecule has 1 heterocycles. The molecule has 3 aromatic rings. The largest absolute Gasteiger partial charge is 0.493 e. The SMILES string of the molecule is COc1cc2c(cc1OC)-c1n[nH]c(Cc3cccc(C)c3)c1C2. The Morgan fingerprint density at radius 2 is 1.88 bits per heavy atom. The maximum absolute atomic E-state index is 5.43. The molecule has 122 valence electrons. The second kappa shape index (κ2) is 5.71. The van der Waals surface area contributed by atoms with E-state index in [9.17, 15) is 0 Å². The highest BCUT2D eigenvalue weighted by Gasteiger charge is 2.26. The van der Waals surface area contributed by atoms with Gasteiger partial charge in [-0.1, -0.05) is 29.8 Å². The summed E-state index contributed by atoms with van der Waals surface area (Å²) in [5, 5.41) is 7.80. The van der Waals surface area contributed by atoms with Gasteiger partial charge in [-0.05, 0) is 30.2 Å². The molecule has 4 rings (SSSR count). The van der Waals surface area contributed by atoms with Gasteiger partial charge in [0.15, 0.2) is 11.5 Å². The van der Waals surface area contributed by atoms with Gasteiger partial charge in [-0.25, -0.2) is 0 Å². The number of nitrogens with one attached hydrogen (secondary N) is 1. The number of rotatable bonds is 4. The first-order valence-electron chi connectivity index (χ1n) is 8.06. The first-order valence-corrected chi connectivity index (χ1v) is 8.06. The highest BCUT2D eigenvalue weighted by molar-refractivity contribution is 5.77. The quantitative estimate of drug-likeness (QED) is 0.620. The Morgan fingerprint density at radius 3 is 2.62 bits per heavy atom. The van der Waals surface area contributed by atoms with Crippen LogP contribution in [0.3, 0.4) is 0 Å². The van der Waals surface area contributed by atoms with Gasteiger partial charge in [-0.2, -0.15) is 5.10 Å². The van der Waals surface area contributed by atoms with E-state index in [0.29, 0.717) is 0 Å². The van der Waals surface area contributed by atoms with Gasteiger partial charge in [0.2, 0.25) is 0 Å². The van der Waals surface area contributed by atoms with Crippen LogP contribution in [0.2, 0.25) is 0 Å². The molecule has 2 aromatic carbocycles. The number of fused-ring (bicyclic) bond motifs is 3. The maximum Gasteiger partial charge on any atom is 0.161 e. The van der Waals surface area contributed by atoms with E-state index in [4.69, 9.17) is 9.47 Å². The molecule has 4 heteroatoms. The summed E-state index contributed by atoms with van der Waals surface area (Å²) in [6, 6.07) is 12.7. The molecule has 0 saturated carbocycles. The van der Waals surface area contributed by atoms with Crippen LogP contribution in [0, 0.1) is 6.92 Å². The number of ether oxygens (including phenoxy) is 2. The predicted octanol–water partition coefficient (Wildman–Crippen LogP) is 3.90. The lowest BCUT2D eigenvalue weighted by Crippen LogP contribution is -1.95. The van der Waals surface area contributed by atoms with Crippen LogP contribution in [0.1, 0.15) is 27.9 Å². The number of nitrogens with zero attached hydrogens (tertiary/aromatic N) is 1. The Bertz CT molecular complexity index is 912. The van der Waals surface area contributed by atoms with Crippen LogP contribution >= 0.6 is 0 Å². The van der Waals surface area contributed by atoms with Crippen LogP contribution in [-0.4, -0.2) is 24.4 Å². The van der Waals surface area contributed by atoms with Crippen LogP contribution in [0.4, 0.5) is 0 Å². The number of hydrogen-bond acceptors (Lipinski definition) is 3. The van der Waals surface area contributed by atoms with E-state index in [1.165, 1.54) is 27.9 Å². The average Bonchev–Trinajstić information content (AvgIpc) is 3.13. The molecule has 0 spiro atoms. The van der Waals surface area contributed by atoms with Gasteiger partial charge in [-0.15, -0.1) is 0 Å². The molecule has 0 unspecified atom stereocenters. The predicted molar refractivity (Wildman–Crippen MR) is 93.9 cm³/mol. The summed E-state index contributed by atoms with van der Waals surface area (Å²) in [6.07, 6.45) is 1.74. The topological polar surface area (TPSA) is 47.1 Å². The normalized spacial score (nSPS) is 12.0. The Kier molecular flexibility index (Phi) is 3.53. The van der Waals surface area contributed by atoms with Crippen molar-refractivity contribution < 1.29 is 9.47 Å². The zero-order valence-electron chi connectivity index (χ0n) is 14.1. The van der Waals surface area contributed by atoms with Crippen LogP contribution in [0.5, 0.6) is 11.5 Å². The third-order valence-electron chi connectivity index (χ3n) is 4.65. The van der Waals surface area contributed by atoms with Crippen molar-refractivity contribution in [3.63, 3.8) is 0 Å². The lowest BCUT2D eigenvalue weighted by Gasteiger charge is -2.10. The zero-order chi connectivity index (χ0) is 16.7. The Hall–Kier alpha value is -2.75. The van der Waals surface area contributed by atoms with Gasteiger partial charge < -0.3 is 9.47 Å². The first kappa shape index (κ1) is 14.8. The third kappa shape index (κ3) is 2.35. The molecule has 0 fully saturated rings.